The molecule has 2 fully saturated rings. The SMILES string of the molecule is CC(C)Oc1cc(C2CCN(C)CC2)ccc1Nc1nc(Nc2ccccc2S(=O)(=O)C(C)C)c2[nH]cnc2n1.CC(C)Oc1cc(C2CCN(CCO)CC2)ccc1Nc1nc(Nc2ccccc2S(=O)(=O)C(C)C)c2[nH]cnc2n1. The monoisotopic (exact) mass is 1160 g/mol. The zero-order valence-corrected chi connectivity index (χ0v) is 49.7. The highest BCUT2D eigenvalue weighted by Crippen LogP contribution is 2.39. The number of benzene rings is 4. The Balaban J connectivity index is 0.000000198. The van der Waals surface area contributed by atoms with Crippen LogP contribution in [0.2, 0.25) is 0 Å². The number of aliphatic hydroxyl groups excluding tert-OH is 1. The number of hydrogen-bond acceptors (Lipinski definition) is 19. The molecular formula is C59H76N14O7S2. The van der Waals surface area contributed by atoms with Crippen LogP contribution in [0, 0.1) is 0 Å². The number of β-amino-alcohol motifs (C(OH)–C–C–N with tert-alkyl or cyclic N) is 1. The normalized spacial score (nSPS) is 15.1. The third-order valence-corrected chi connectivity index (χ3v) is 19.0. The third-order valence-electron chi connectivity index (χ3n) is 14.6. The number of rotatable bonds is 20. The molecule has 23 heteroatoms. The minimum absolute atomic E-state index is 0.0142. The predicted octanol–water partition coefficient (Wildman–Crippen LogP) is 10.6. The fourth-order valence-corrected chi connectivity index (χ4v) is 12.5. The number of aliphatic hydroxyl groups is 1. The van der Waals surface area contributed by atoms with Crippen LogP contribution in [0.3, 0.4) is 0 Å². The molecule has 0 atom stereocenters. The molecule has 4 aromatic heterocycles. The highest BCUT2D eigenvalue weighted by atomic mass is 32.2. The van der Waals surface area contributed by atoms with Gasteiger partial charge in [0.2, 0.25) is 11.9 Å². The quantitative estimate of drug-likeness (QED) is 0.0374. The Hall–Kier alpha value is -7.44. The molecule has 0 amide bonds. The van der Waals surface area contributed by atoms with E-state index in [1.165, 1.54) is 23.8 Å². The van der Waals surface area contributed by atoms with Crippen molar-refractivity contribution in [3.63, 3.8) is 0 Å². The summed E-state index contributed by atoms with van der Waals surface area (Å²) in [5, 5.41) is 21.2. The van der Waals surface area contributed by atoms with Crippen LogP contribution in [0.1, 0.15) is 104 Å². The van der Waals surface area contributed by atoms with E-state index in [-0.39, 0.29) is 28.6 Å². The van der Waals surface area contributed by atoms with Gasteiger partial charge in [-0.05, 0) is 186 Å². The van der Waals surface area contributed by atoms with Crippen molar-refractivity contribution in [2.75, 3.05) is 67.6 Å². The zero-order chi connectivity index (χ0) is 58.3. The number of imidazole rings is 2. The number of anilines is 8. The molecule has 0 bridgehead atoms. The van der Waals surface area contributed by atoms with E-state index in [2.05, 4.69) is 92.3 Å². The summed E-state index contributed by atoms with van der Waals surface area (Å²) in [6, 6.07) is 26.1. The molecule has 0 aliphatic carbocycles. The van der Waals surface area contributed by atoms with E-state index >= 15 is 0 Å². The first kappa shape index (κ1) is 59.2. The van der Waals surface area contributed by atoms with Crippen LogP contribution < -0.4 is 30.7 Å². The summed E-state index contributed by atoms with van der Waals surface area (Å²) >= 11 is 0. The van der Waals surface area contributed by atoms with Crippen LogP contribution in [-0.4, -0.2) is 141 Å². The summed E-state index contributed by atoms with van der Waals surface area (Å²) in [5.41, 5.74) is 6.79. The predicted molar refractivity (Wildman–Crippen MR) is 323 cm³/mol. The lowest BCUT2D eigenvalue weighted by Crippen LogP contribution is -2.34. The molecule has 2 saturated heterocycles. The molecule has 21 nitrogen and oxygen atoms in total. The van der Waals surface area contributed by atoms with Crippen molar-refractivity contribution in [1.29, 1.82) is 0 Å². The first-order valence-electron chi connectivity index (χ1n) is 28.1. The Morgan fingerprint density at radius 3 is 1.38 bits per heavy atom. The minimum atomic E-state index is -3.54. The molecule has 8 aromatic rings. The first-order valence-corrected chi connectivity index (χ1v) is 31.2. The Morgan fingerprint density at radius 2 is 0.976 bits per heavy atom. The van der Waals surface area contributed by atoms with Crippen LogP contribution in [0.15, 0.2) is 107 Å². The van der Waals surface area contributed by atoms with Gasteiger partial charge in [-0.25, -0.2) is 26.8 Å². The highest BCUT2D eigenvalue weighted by Gasteiger charge is 2.27. The molecule has 10 rings (SSSR count). The standard InChI is InChI=1S/C30H39N7O4S.C29H37N7O3S/c1-19(2)41-25-17-22(21-11-13-37(14-12-21)15-16-38)9-10-23(25)34-30-35-28-27(31-18-32-28)29(36-30)33-24-7-5-6-8-26(24)42(39,40)20(3)4;1-18(2)39-24-16-21(20-12-14-36(5)15-13-20)10-11-22(24)33-29-34-27-26(30-17-31-27)28(35-29)32-23-8-6-7-9-25(23)40(37,38)19(3)4/h5-10,17-21,38H,11-16H2,1-4H3,(H3,31,32,33,34,35,36);6-11,16-20H,12-15H2,1-5H3,(H3,30,31,32,33,34,35). The summed E-state index contributed by atoms with van der Waals surface area (Å²) in [5.74, 6) is 3.75. The lowest BCUT2D eigenvalue weighted by atomic mass is 9.89. The molecular weight excluding hydrogens is 1080 g/mol. The number of aromatic nitrogens is 8. The van der Waals surface area contributed by atoms with Gasteiger partial charge in [0.1, 0.15) is 22.5 Å². The number of piperidine rings is 2. The fraction of sp³-hybridized carbons (Fsp3) is 0.424. The molecule has 7 N–H and O–H groups in total. The fourth-order valence-electron chi connectivity index (χ4n) is 10.1. The first-order chi connectivity index (χ1) is 39.3. The second-order valence-corrected chi connectivity index (χ2v) is 26.9. The molecule has 436 valence electrons. The van der Waals surface area contributed by atoms with Crippen molar-refractivity contribution in [2.24, 2.45) is 0 Å². The van der Waals surface area contributed by atoms with Gasteiger partial charge in [-0.2, -0.15) is 19.9 Å². The number of nitrogens with one attached hydrogen (secondary N) is 6. The van der Waals surface area contributed by atoms with E-state index < -0.39 is 30.2 Å². The van der Waals surface area contributed by atoms with Crippen molar-refractivity contribution >= 4 is 88.3 Å². The van der Waals surface area contributed by atoms with E-state index in [0.717, 1.165) is 63.3 Å². The van der Waals surface area contributed by atoms with Crippen LogP contribution in [0.25, 0.3) is 22.3 Å². The Morgan fingerprint density at radius 1 is 0.561 bits per heavy atom. The van der Waals surface area contributed by atoms with E-state index in [4.69, 9.17) is 19.4 Å². The van der Waals surface area contributed by atoms with Gasteiger partial charge in [-0.15, -0.1) is 0 Å². The Labute approximate surface area is 480 Å². The third kappa shape index (κ3) is 13.9. The van der Waals surface area contributed by atoms with Crippen LogP contribution in [0.4, 0.5) is 46.3 Å². The van der Waals surface area contributed by atoms with Crippen molar-refractivity contribution in [1.82, 2.24) is 49.7 Å². The highest BCUT2D eigenvalue weighted by molar-refractivity contribution is 7.92. The van der Waals surface area contributed by atoms with Crippen LogP contribution >= 0.6 is 0 Å². The smallest absolute Gasteiger partial charge is 0.231 e. The Kier molecular flexibility index (Phi) is 18.6. The second-order valence-electron chi connectivity index (χ2n) is 21.9. The molecule has 0 spiro atoms. The van der Waals surface area contributed by atoms with Crippen LogP contribution in [0.5, 0.6) is 11.5 Å². The maximum absolute atomic E-state index is 13.0. The number of H-pyrrole nitrogens is 2. The van der Waals surface area contributed by atoms with E-state index in [9.17, 15) is 21.9 Å². The summed E-state index contributed by atoms with van der Waals surface area (Å²) in [7, 11) is -4.90. The van der Waals surface area contributed by atoms with Gasteiger partial charge in [-0.3, -0.25) is 0 Å². The van der Waals surface area contributed by atoms with Crippen LogP contribution in [-0.2, 0) is 19.7 Å². The van der Waals surface area contributed by atoms with Gasteiger partial charge < -0.3 is 55.6 Å². The number of fused-ring (bicyclic) bond motifs is 2. The lowest BCUT2D eigenvalue weighted by molar-refractivity contribution is 0.164. The number of sulfone groups is 2. The summed E-state index contributed by atoms with van der Waals surface area (Å²) in [6.07, 6.45) is 7.29. The Bertz CT molecular complexity index is 3700. The van der Waals surface area contributed by atoms with Crippen molar-refractivity contribution < 1.29 is 31.4 Å². The largest absolute Gasteiger partial charge is 0.489 e. The van der Waals surface area contributed by atoms with E-state index in [1.54, 1.807) is 76.2 Å². The van der Waals surface area contributed by atoms with Gasteiger partial charge >= 0.3 is 0 Å². The number of likely N-dealkylation sites (tertiary alicyclic amines) is 2. The van der Waals surface area contributed by atoms with E-state index in [1.807, 2.05) is 39.8 Å². The molecule has 6 heterocycles. The topological polar surface area (TPSA) is 270 Å². The maximum Gasteiger partial charge on any atom is 0.231 e. The van der Waals surface area contributed by atoms with Gasteiger partial charge in [0.05, 0.1) is 74.5 Å². The average Bonchev–Trinajstić information content (AvgIpc) is 4.16. The van der Waals surface area contributed by atoms with E-state index in [0.29, 0.717) is 87.1 Å². The summed E-state index contributed by atoms with van der Waals surface area (Å²) in [6.45, 7) is 19.6. The van der Waals surface area contributed by atoms with Gasteiger partial charge in [-0.1, -0.05) is 36.4 Å². The number of nitrogens with zero attached hydrogens (tertiary/aromatic N) is 8. The summed E-state index contributed by atoms with van der Waals surface area (Å²) in [4.78, 5) is 38.4. The molecule has 0 radical (unpaired) electrons. The lowest BCUT2D eigenvalue weighted by Gasteiger charge is -2.32. The molecule has 0 saturated carbocycles. The van der Waals surface area contributed by atoms with Gasteiger partial charge in [0.15, 0.2) is 42.6 Å². The van der Waals surface area contributed by atoms with Crippen molar-refractivity contribution in [3.8, 4) is 11.5 Å². The number of hydrogen-bond donors (Lipinski definition) is 7. The summed E-state index contributed by atoms with van der Waals surface area (Å²) < 4.78 is 64.6. The van der Waals surface area contributed by atoms with Crippen molar-refractivity contribution in [2.45, 2.75) is 125 Å². The number of ether oxygens (including phenoxy) is 2. The average molecular weight is 1160 g/mol. The van der Waals surface area contributed by atoms with Gasteiger partial charge in [0, 0.05) is 6.54 Å². The molecule has 2 aliphatic rings. The number of aromatic amines is 2. The zero-order valence-electron chi connectivity index (χ0n) is 48.1. The van der Waals surface area contributed by atoms with Gasteiger partial charge in [0.25, 0.3) is 0 Å². The molecule has 4 aromatic carbocycles. The van der Waals surface area contributed by atoms with Crippen molar-refractivity contribution in [3.05, 3.63) is 109 Å². The minimum Gasteiger partial charge on any atom is -0.489 e. The second kappa shape index (κ2) is 25.8. The maximum atomic E-state index is 13.0. The molecule has 0 unspecified atom stereocenters. The molecule has 82 heavy (non-hydrogen) atoms. The number of para-hydroxylation sites is 2. The molecule has 2 aliphatic heterocycles.